The first-order chi connectivity index (χ1) is 16.5. The van der Waals surface area contributed by atoms with Crippen molar-refractivity contribution in [1.29, 1.82) is 0 Å². The van der Waals surface area contributed by atoms with Crippen molar-refractivity contribution >= 4 is 51.3 Å². The molecule has 0 radical (unpaired) electrons. The number of nitrogens with zero attached hydrogens (tertiary/aromatic N) is 3. The fraction of sp³-hybridized carbons (Fsp3) is 0.217. The van der Waals surface area contributed by atoms with Crippen molar-refractivity contribution in [2.75, 3.05) is 25.3 Å². The molecule has 0 aliphatic heterocycles. The number of ether oxygens (including phenoxy) is 2. The van der Waals surface area contributed by atoms with Crippen LogP contribution >= 0.6 is 34.4 Å². The van der Waals surface area contributed by atoms with Gasteiger partial charge in [0.15, 0.2) is 5.16 Å². The number of carbonyl (C=O) groups is 2. The van der Waals surface area contributed by atoms with E-state index in [2.05, 4.69) is 21.6 Å². The molecule has 0 aliphatic carbocycles. The van der Waals surface area contributed by atoms with Gasteiger partial charge in [-0.15, -0.1) is 32.9 Å². The van der Waals surface area contributed by atoms with Crippen LogP contribution in [-0.2, 0) is 23.0 Å². The maximum absolute atomic E-state index is 12.7. The third-order valence-electron chi connectivity index (χ3n) is 5.00. The van der Waals surface area contributed by atoms with Gasteiger partial charge in [0.05, 0.1) is 20.0 Å². The molecule has 1 amide bonds. The normalized spacial score (nSPS) is 10.8. The Kier molecular flexibility index (Phi) is 7.66. The molecule has 0 atom stereocenters. The van der Waals surface area contributed by atoms with E-state index in [1.807, 2.05) is 52.7 Å². The monoisotopic (exact) mass is 514 g/mol. The summed E-state index contributed by atoms with van der Waals surface area (Å²) in [5.74, 6) is 0.913. The summed E-state index contributed by atoms with van der Waals surface area (Å²) in [7, 11) is 4.80. The topological polar surface area (TPSA) is 95.3 Å². The van der Waals surface area contributed by atoms with E-state index in [9.17, 15) is 9.59 Å². The van der Waals surface area contributed by atoms with Crippen LogP contribution in [0, 0.1) is 0 Å². The Morgan fingerprint density at radius 1 is 1.12 bits per heavy atom. The number of benzene rings is 1. The average Bonchev–Trinajstić information content (AvgIpc) is 3.59. The second-order valence-electron chi connectivity index (χ2n) is 7.12. The van der Waals surface area contributed by atoms with Gasteiger partial charge < -0.3 is 19.4 Å². The highest BCUT2D eigenvalue weighted by atomic mass is 32.2. The lowest BCUT2D eigenvalue weighted by molar-refractivity contribution is -0.113. The average molecular weight is 515 g/mol. The number of hydrogen-bond donors (Lipinski definition) is 1. The van der Waals surface area contributed by atoms with E-state index >= 15 is 0 Å². The third kappa shape index (κ3) is 5.32. The first kappa shape index (κ1) is 24.0. The fourth-order valence-electron chi connectivity index (χ4n) is 3.22. The van der Waals surface area contributed by atoms with Crippen LogP contribution in [0.4, 0.5) is 5.00 Å². The molecule has 3 heterocycles. The number of carbonyl (C=O) groups excluding carboxylic acids is 2. The standard InChI is InChI=1S/C23H22N4O4S3/c1-27-18(11-16-5-4-10-32-16)25-26-23(27)34-13-19(28)24-21-20(22(29)31-3)17(12-33-21)14-6-8-15(30-2)9-7-14/h4-10,12H,11,13H2,1-3H3,(H,24,28). The van der Waals surface area contributed by atoms with Gasteiger partial charge in [0, 0.05) is 29.3 Å². The first-order valence-electron chi connectivity index (χ1n) is 10.2. The Balaban J connectivity index is 1.45. The summed E-state index contributed by atoms with van der Waals surface area (Å²) in [6.07, 6.45) is 0.694. The Morgan fingerprint density at radius 2 is 1.91 bits per heavy atom. The number of anilines is 1. The highest BCUT2D eigenvalue weighted by Crippen LogP contribution is 2.37. The van der Waals surface area contributed by atoms with Gasteiger partial charge in [0.25, 0.3) is 0 Å². The van der Waals surface area contributed by atoms with Crippen molar-refractivity contribution in [3.05, 3.63) is 63.4 Å². The van der Waals surface area contributed by atoms with E-state index in [4.69, 9.17) is 9.47 Å². The molecule has 4 aromatic rings. The van der Waals surface area contributed by atoms with Crippen molar-refractivity contribution in [2.24, 2.45) is 7.05 Å². The van der Waals surface area contributed by atoms with Crippen molar-refractivity contribution in [3.63, 3.8) is 0 Å². The fourth-order valence-corrected chi connectivity index (χ4v) is 5.63. The van der Waals surface area contributed by atoms with E-state index in [-0.39, 0.29) is 11.7 Å². The molecule has 1 aromatic carbocycles. The lowest BCUT2D eigenvalue weighted by Crippen LogP contribution is -2.16. The van der Waals surface area contributed by atoms with Crippen LogP contribution in [0.3, 0.4) is 0 Å². The van der Waals surface area contributed by atoms with Crippen LogP contribution < -0.4 is 10.1 Å². The number of thioether (sulfide) groups is 1. The zero-order chi connectivity index (χ0) is 24.1. The number of hydrogen-bond acceptors (Lipinski definition) is 9. The summed E-state index contributed by atoms with van der Waals surface area (Å²) in [5.41, 5.74) is 1.84. The van der Waals surface area contributed by atoms with Gasteiger partial charge in [-0.1, -0.05) is 30.0 Å². The second-order valence-corrected chi connectivity index (χ2v) is 9.98. The van der Waals surface area contributed by atoms with Gasteiger partial charge in [0.2, 0.25) is 5.91 Å². The maximum Gasteiger partial charge on any atom is 0.341 e. The molecule has 0 spiro atoms. The Bertz CT molecular complexity index is 1280. The minimum atomic E-state index is -0.512. The SMILES string of the molecule is COC(=O)c1c(-c2ccc(OC)cc2)csc1NC(=O)CSc1nnc(Cc2cccs2)n1C. The molecule has 11 heteroatoms. The molecular formula is C23H22N4O4S3. The number of esters is 1. The van der Waals surface area contributed by atoms with Gasteiger partial charge in [0.1, 0.15) is 22.1 Å². The molecule has 4 rings (SSSR count). The van der Waals surface area contributed by atoms with Crippen LogP contribution in [0.15, 0.2) is 52.3 Å². The number of methoxy groups -OCH3 is 2. The molecule has 176 valence electrons. The minimum Gasteiger partial charge on any atom is -0.497 e. The number of aromatic nitrogens is 3. The summed E-state index contributed by atoms with van der Waals surface area (Å²) >= 11 is 4.24. The van der Waals surface area contributed by atoms with Gasteiger partial charge in [-0.2, -0.15) is 0 Å². The second kappa shape index (κ2) is 10.9. The van der Waals surface area contributed by atoms with E-state index in [1.54, 1.807) is 18.4 Å². The zero-order valence-electron chi connectivity index (χ0n) is 18.7. The van der Waals surface area contributed by atoms with Gasteiger partial charge in [-0.3, -0.25) is 4.79 Å². The van der Waals surface area contributed by atoms with Crippen molar-refractivity contribution in [1.82, 2.24) is 14.8 Å². The van der Waals surface area contributed by atoms with Gasteiger partial charge >= 0.3 is 5.97 Å². The lowest BCUT2D eigenvalue weighted by atomic mass is 10.0. The molecule has 0 fully saturated rings. The molecular weight excluding hydrogens is 492 g/mol. The molecule has 3 aromatic heterocycles. The van der Waals surface area contributed by atoms with Crippen LogP contribution in [0.5, 0.6) is 5.75 Å². The quantitative estimate of drug-likeness (QED) is 0.255. The number of thiophene rings is 2. The van der Waals surface area contributed by atoms with Crippen LogP contribution in [0.1, 0.15) is 21.1 Å². The predicted molar refractivity (Wildman–Crippen MR) is 135 cm³/mol. The van der Waals surface area contributed by atoms with E-state index in [0.717, 1.165) is 11.4 Å². The highest BCUT2D eigenvalue weighted by Gasteiger charge is 2.23. The summed E-state index contributed by atoms with van der Waals surface area (Å²) in [6.45, 7) is 0. The molecule has 0 unspecified atom stereocenters. The van der Waals surface area contributed by atoms with Crippen molar-refractivity contribution < 1.29 is 19.1 Å². The Morgan fingerprint density at radius 3 is 2.59 bits per heavy atom. The molecule has 1 N–H and O–H groups in total. The summed E-state index contributed by atoms with van der Waals surface area (Å²) < 4.78 is 12.1. The van der Waals surface area contributed by atoms with E-state index < -0.39 is 5.97 Å². The highest BCUT2D eigenvalue weighted by molar-refractivity contribution is 7.99. The smallest absolute Gasteiger partial charge is 0.341 e. The molecule has 0 saturated carbocycles. The zero-order valence-corrected chi connectivity index (χ0v) is 21.2. The van der Waals surface area contributed by atoms with Gasteiger partial charge in [-0.05, 0) is 29.1 Å². The van der Waals surface area contributed by atoms with Gasteiger partial charge in [-0.25, -0.2) is 4.79 Å². The Labute approximate surface area is 208 Å². The Hall–Kier alpha value is -3.15. The molecule has 0 saturated heterocycles. The summed E-state index contributed by atoms with van der Waals surface area (Å²) in [4.78, 5) is 26.4. The maximum atomic E-state index is 12.7. The minimum absolute atomic E-state index is 0.126. The summed E-state index contributed by atoms with van der Waals surface area (Å²) in [6, 6.07) is 11.4. The molecule has 34 heavy (non-hydrogen) atoms. The predicted octanol–water partition coefficient (Wildman–Crippen LogP) is 4.72. The largest absolute Gasteiger partial charge is 0.497 e. The van der Waals surface area contributed by atoms with Crippen LogP contribution in [0.2, 0.25) is 0 Å². The molecule has 8 nitrogen and oxygen atoms in total. The number of rotatable bonds is 9. The van der Waals surface area contributed by atoms with E-state index in [1.165, 1.54) is 35.1 Å². The van der Waals surface area contributed by atoms with E-state index in [0.29, 0.717) is 33.5 Å². The van der Waals surface area contributed by atoms with Crippen LogP contribution in [-0.4, -0.2) is 46.6 Å². The first-order valence-corrected chi connectivity index (χ1v) is 12.9. The molecule has 0 aliphatic rings. The van der Waals surface area contributed by atoms with Crippen LogP contribution in [0.25, 0.3) is 11.1 Å². The van der Waals surface area contributed by atoms with Crippen molar-refractivity contribution in [2.45, 2.75) is 11.6 Å². The number of amides is 1. The summed E-state index contributed by atoms with van der Waals surface area (Å²) in [5, 5.41) is 16.3. The molecule has 0 bridgehead atoms. The lowest BCUT2D eigenvalue weighted by Gasteiger charge is -2.08. The van der Waals surface area contributed by atoms with Crippen molar-refractivity contribution in [3.8, 4) is 16.9 Å². The number of nitrogens with one attached hydrogen (secondary N) is 1. The third-order valence-corrected chi connectivity index (χ3v) is 7.80.